The van der Waals surface area contributed by atoms with Crippen molar-refractivity contribution in [3.05, 3.63) is 19.0 Å². The van der Waals surface area contributed by atoms with Gasteiger partial charge in [-0.2, -0.15) is 5.10 Å². The van der Waals surface area contributed by atoms with Gasteiger partial charge in [0.1, 0.15) is 6.33 Å². The maximum atomic E-state index is 3.98. The molecule has 0 fully saturated rings. The number of aromatic amines is 1. The van der Waals surface area contributed by atoms with Gasteiger partial charge < -0.3 is 5.32 Å². The van der Waals surface area contributed by atoms with Gasteiger partial charge in [-0.25, -0.2) is 4.98 Å². The van der Waals surface area contributed by atoms with Crippen molar-refractivity contribution in [1.82, 2.24) is 20.5 Å². The van der Waals surface area contributed by atoms with Gasteiger partial charge in [-0.05, 0) is 0 Å². The fraction of sp³-hybridized carbons (Fsp3) is 0.429. The van der Waals surface area contributed by atoms with Crippen LogP contribution in [0.15, 0.2) is 24.1 Å². The van der Waals surface area contributed by atoms with E-state index in [0.29, 0.717) is 0 Å². The highest BCUT2D eigenvalue weighted by Gasteiger charge is 1.94. The van der Waals surface area contributed by atoms with Crippen molar-refractivity contribution in [2.24, 2.45) is 0 Å². The van der Waals surface area contributed by atoms with E-state index in [0.717, 1.165) is 24.0 Å². The van der Waals surface area contributed by atoms with Crippen molar-refractivity contribution in [1.29, 1.82) is 0 Å². The molecular weight excluding hydrogens is 172 g/mol. The molecule has 0 atom stereocenters. The Kier molecular flexibility index (Phi) is 4.48. The topological polar surface area (TPSA) is 53.6 Å². The van der Waals surface area contributed by atoms with E-state index in [9.17, 15) is 0 Å². The second-order valence-corrected chi connectivity index (χ2v) is 3.22. The number of H-pyrrole nitrogens is 1. The molecule has 0 aromatic carbocycles. The third kappa shape index (κ3) is 3.54. The molecule has 1 aromatic heterocycles. The summed E-state index contributed by atoms with van der Waals surface area (Å²) in [5, 5.41) is 10.6. The number of thioether (sulfide) groups is 1. The van der Waals surface area contributed by atoms with E-state index in [1.165, 1.54) is 6.33 Å². The Balaban J connectivity index is 2.00. The molecule has 0 unspecified atom stereocenters. The third-order valence-corrected chi connectivity index (χ3v) is 2.08. The zero-order valence-electron chi connectivity index (χ0n) is 6.79. The number of aromatic nitrogens is 3. The summed E-state index contributed by atoms with van der Waals surface area (Å²) >= 11 is 1.65. The molecule has 0 saturated carbocycles. The second-order valence-electron chi connectivity index (χ2n) is 2.13. The predicted molar refractivity (Wildman–Crippen MR) is 50.2 cm³/mol. The van der Waals surface area contributed by atoms with Crippen molar-refractivity contribution in [2.45, 2.75) is 5.16 Å². The summed E-state index contributed by atoms with van der Waals surface area (Å²) in [6, 6.07) is 0. The van der Waals surface area contributed by atoms with Crippen LogP contribution in [0, 0.1) is 0 Å². The monoisotopic (exact) mass is 184 g/mol. The smallest absolute Gasteiger partial charge is 0.183 e. The van der Waals surface area contributed by atoms with Crippen LogP contribution in [-0.2, 0) is 0 Å². The molecule has 66 valence electrons. The Morgan fingerprint density at radius 2 is 2.67 bits per heavy atom. The van der Waals surface area contributed by atoms with Gasteiger partial charge in [0.05, 0.1) is 0 Å². The van der Waals surface area contributed by atoms with Crippen molar-refractivity contribution in [3.8, 4) is 0 Å². The van der Waals surface area contributed by atoms with Gasteiger partial charge in [0, 0.05) is 18.8 Å². The predicted octanol–water partition coefficient (Wildman–Crippen LogP) is 0.672. The van der Waals surface area contributed by atoms with E-state index in [-0.39, 0.29) is 0 Å². The zero-order valence-corrected chi connectivity index (χ0v) is 7.60. The van der Waals surface area contributed by atoms with Crippen LogP contribution >= 0.6 is 11.8 Å². The zero-order chi connectivity index (χ0) is 8.65. The third-order valence-electron chi connectivity index (χ3n) is 1.20. The summed E-state index contributed by atoms with van der Waals surface area (Å²) < 4.78 is 0. The Hall–Kier alpha value is -0.810. The Morgan fingerprint density at radius 1 is 1.75 bits per heavy atom. The molecule has 0 aliphatic carbocycles. The second kappa shape index (κ2) is 5.79. The number of rotatable bonds is 6. The highest BCUT2D eigenvalue weighted by atomic mass is 32.2. The number of hydrogen-bond donors (Lipinski definition) is 2. The lowest BCUT2D eigenvalue weighted by atomic mass is 10.6. The maximum Gasteiger partial charge on any atom is 0.183 e. The van der Waals surface area contributed by atoms with E-state index in [2.05, 4.69) is 27.1 Å². The molecular formula is C7H12N4S. The molecule has 0 radical (unpaired) electrons. The minimum absolute atomic E-state index is 0.858. The summed E-state index contributed by atoms with van der Waals surface area (Å²) in [5.74, 6) is 0.989. The average Bonchev–Trinajstić information content (AvgIpc) is 2.57. The minimum Gasteiger partial charge on any atom is -0.312 e. The van der Waals surface area contributed by atoms with Crippen LogP contribution in [0.4, 0.5) is 0 Å². The minimum atomic E-state index is 0.858. The largest absolute Gasteiger partial charge is 0.312 e. The molecule has 12 heavy (non-hydrogen) atoms. The van der Waals surface area contributed by atoms with Crippen LogP contribution in [0.5, 0.6) is 0 Å². The van der Waals surface area contributed by atoms with Crippen LogP contribution in [0.3, 0.4) is 0 Å². The average molecular weight is 184 g/mol. The van der Waals surface area contributed by atoms with Crippen LogP contribution in [0.2, 0.25) is 0 Å². The summed E-state index contributed by atoms with van der Waals surface area (Å²) in [6.45, 7) is 5.42. The summed E-state index contributed by atoms with van der Waals surface area (Å²) in [4.78, 5) is 3.98. The molecule has 0 amide bonds. The summed E-state index contributed by atoms with van der Waals surface area (Å²) in [6.07, 6.45) is 3.36. The van der Waals surface area contributed by atoms with Gasteiger partial charge in [0.15, 0.2) is 5.16 Å². The molecule has 0 saturated heterocycles. The van der Waals surface area contributed by atoms with E-state index < -0.39 is 0 Å². The molecule has 2 N–H and O–H groups in total. The number of hydrogen-bond acceptors (Lipinski definition) is 4. The van der Waals surface area contributed by atoms with Crippen LogP contribution in [0.1, 0.15) is 0 Å². The van der Waals surface area contributed by atoms with Crippen LogP contribution in [-0.4, -0.2) is 34.0 Å². The fourth-order valence-corrected chi connectivity index (χ4v) is 1.37. The van der Waals surface area contributed by atoms with Crippen LogP contribution in [0.25, 0.3) is 0 Å². The van der Waals surface area contributed by atoms with Crippen molar-refractivity contribution < 1.29 is 0 Å². The van der Waals surface area contributed by atoms with Crippen LogP contribution < -0.4 is 5.32 Å². The first-order valence-corrected chi connectivity index (χ1v) is 4.72. The van der Waals surface area contributed by atoms with Crippen molar-refractivity contribution in [3.63, 3.8) is 0 Å². The molecule has 0 aliphatic heterocycles. The van der Waals surface area contributed by atoms with Gasteiger partial charge in [-0.15, -0.1) is 6.58 Å². The first-order valence-electron chi connectivity index (χ1n) is 3.73. The van der Waals surface area contributed by atoms with E-state index in [4.69, 9.17) is 0 Å². The van der Waals surface area contributed by atoms with Gasteiger partial charge in [0.25, 0.3) is 0 Å². The van der Waals surface area contributed by atoms with Crippen molar-refractivity contribution in [2.75, 3.05) is 18.8 Å². The molecule has 0 aliphatic rings. The quantitative estimate of drug-likeness (QED) is 0.387. The lowest BCUT2D eigenvalue weighted by Crippen LogP contribution is -2.16. The molecule has 4 nitrogen and oxygen atoms in total. The highest BCUT2D eigenvalue weighted by Crippen LogP contribution is 2.08. The normalized spacial score (nSPS) is 10.0. The molecule has 1 rings (SSSR count). The Bertz CT molecular complexity index is 209. The number of nitrogens with one attached hydrogen (secondary N) is 2. The summed E-state index contributed by atoms with van der Waals surface area (Å²) in [5.41, 5.74) is 0. The number of nitrogens with zero attached hydrogens (tertiary/aromatic N) is 2. The molecule has 5 heteroatoms. The fourth-order valence-electron chi connectivity index (χ4n) is 0.688. The molecule has 0 bridgehead atoms. The van der Waals surface area contributed by atoms with Gasteiger partial charge in [0.2, 0.25) is 0 Å². The maximum absolute atomic E-state index is 3.98. The first-order chi connectivity index (χ1) is 5.93. The molecule has 1 aromatic rings. The first kappa shape index (κ1) is 9.28. The molecule has 0 spiro atoms. The van der Waals surface area contributed by atoms with E-state index >= 15 is 0 Å². The van der Waals surface area contributed by atoms with E-state index in [1.807, 2.05) is 6.08 Å². The van der Waals surface area contributed by atoms with Gasteiger partial charge >= 0.3 is 0 Å². The molecule has 1 heterocycles. The SMILES string of the molecule is C=CCNCCSc1ncn[nH]1. The van der Waals surface area contributed by atoms with E-state index in [1.54, 1.807) is 11.8 Å². The van der Waals surface area contributed by atoms with Gasteiger partial charge in [-0.1, -0.05) is 17.8 Å². The Labute approximate surface area is 75.9 Å². The lowest BCUT2D eigenvalue weighted by molar-refractivity contribution is 0.805. The Morgan fingerprint density at radius 3 is 3.33 bits per heavy atom. The van der Waals surface area contributed by atoms with Crippen molar-refractivity contribution >= 4 is 11.8 Å². The highest BCUT2D eigenvalue weighted by molar-refractivity contribution is 7.99. The lowest BCUT2D eigenvalue weighted by Gasteiger charge is -1.98. The standard InChI is InChI=1S/C7H12N4S/c1-2-3-8-4-5-12-7-9-6-10-11-7/h2,6,8H,1,3-5H2,(H,9,10,11). The summed E-state index contributed by atoms with van der Waals surface area (Å²) in [7, 11) is 0. The van der Waals surface area contributed by atoms with Gasteiger partial charge in [-0.3, -0.25) is 5.10 Å².